The molecule has 8 nitrogen and oxygen atoms in total. The number of hydrogen-bond donors (Lipinski definition) is 2. The van der Waals surface area contributed by atoms with Gasteiger partial charge in [-0.25, -0.2) is 4.79 Å². The molecule has 1 saturated heterocycles. The normalized spacial score (nSPS) is 18.8. The maximum atomic E-state index is 13.0. The highest BCUT2D eigenvalue weighted by atomic mass is 19.4. The lowest BCUT2D eigenvalue weighted by Gasteiger charge is -2.28. The summed E-state index contributed by atoms with van der Waals surface area (Å²) in [5.74, 6) is -0.149. The number of carbonyl (C=O) groups is 2. The van der Waals surface area contributed by atoms with Crippen molar-refractivity contribution in [2.24, 2.45) is 5.41 Å². The number of rotatable bonds is 5. The van der Waals surface area contributed by atoms with Gasteiger partial charge in [-0.2, -0.15) is 18.3 Å². The van der Waals surface area contributed by atoms with Crippen LogP contribution in [-0.4, -0.2) is 59.5 Å². The Bertz CT molecular complexity index is 749. The molecule has 0 saturated carbocycles. The van der Waals surface area contributed by atoms with Crippen LogP contribution in [0.15, 0.2) is 6.07 Å². The van der Waals surface area contributed by atoms with Crippen molar-refractivity contribution < 1.29 is 27.5 Å². The Morgan fingerprint density at radius 3 is 2.54 bits per heavy atom. The predicted molar refractivity (Wildman–Crippen MR) is 94.6 cm³/mol. The van der Waals surface area contributed by atoms with E-state index in [0.29, 0.717) is 11.3 Å². The molecule has 3 amide bonds. The Labute approximate surface area is 160 Å². The average molecular weight is 403 g/mol. The molecule has 156 valence electrons. The molecule has 0 aromatic carbocycles. The van der Waals surface area contributed by atoms with Crippen LogP contribution in [0.25, 0.3) is 0 Å². The van der Waals surface area contributed by atoms with E-state index in [-0.39, 0.29) is 18.3 Å². The van der Waals surface area contributed by atoms with Gasteiger partial charge in [0, 0.05) is 18.1 Å². The average Bonchev–Trinajstić information content (AvgIpc) is 2.95. The number of anilines is 1. The van der Waals surface area contributed by atoms with Gasteiger partial charge in [0.25, 0.3) is 0 Å². The van der Waals surface area contributed by atoms with Gasteiger partial charge in [0.15, 0.2) is 5.82 Å². The van der Waals surface area contributed by atoms with Crippen LogP contribution in [0.5, 0.6) is 0 Å². The Kier molecular flexibility index (Phi) is 6.17. The van der Waals surface area contributed by atoms with Crippen molar-refractivity contribution in [1.82, 2.24) is 20.4 Å². The molecule has 11 heteroatoms. The fraction of sp³-hybridized carbons (Fsp3) is 0.647. The van der Waals surface area contributed by atoms with Crippen molar-refractivity contribution in [1.29, 1.82) is 0 Å². The third kappa shape index (κ3) is 4.89. The van der Waals surface area contributed by atoms with Crippen LogP contribution >= 0.6 is 0 Å². The van der Waals surface area contributed by atoms with Crippen LogP contribution in [-0.2, 0) is 9.53 Å². The molecular formula is C17H24F3N5O3. The number of ether oxygens (including phenoxy) is 1. The molecule has 1 aliphatic heterocycles. The first-order chi connectivity index (χ1) is 12.8. The maximum Gasteiger partial charge on any atom is 0.410 e. The van der Waals surface area contributed by atoms with Gasteiger partial charge in [-0.3, -0.25) is 4.79 Å². The zero-order valence-electron chi connectivity index (χ0n) is 16.3. The first-order valence-corrected chi connectivity index (χ1v) is 8.63. The van der Waals surface area contributed by atoms with Crippen molar-refractivity contribution in [2.75, 3.05) is 25.6 Å². The van der Waals surface area contributed by atoms with E-state index in [4.69, 9.17) is 4.74 Å². The van der Waals surface area contributed by atoms with Gasteiger partial charge in [0.2, 0.25) is 5.91 Å². The maximum absolute atomic E-state index is 13.0. The van der Waals surface area contributed by atoms with E-state index in [2.05, 4.69) is 15.5 Å². The van der Waals surface area contributed by atoms with Crippen LogP contribution in [0.4, 0.5) is 23.8 Å². The minimum atomic E-state index is -4.56. The van der Waals surface area contributed by atoms with Crippen molar-refractivity contribution in [3.8, 4) is 0 Å². The second-order valence-corrected chi connectivity index (χ2v) is 7.64. The summed E-state index contributed by atoms with van der Waals surface area (Å²) in [5, 5.41) is 12.5. The minimum Gasteiger partial charge on any atom is -0.382 e. The van der Waals surface area contributed by atoms with Gasteiger partial charge in [-0.05, 0) is 13.0 Å². The standard InChI is InChI=1S/C17H24F3N5O3/c1-9-10(6-13(24-23-9)22-14(26)16(2,3)4)11(8-28-5)25-7-12(17(18,19)20)21-15(25)27/h6,11-12H,7-8H2,1-5H3,(H,21,27)(H,22,24,26)/t11-,12+/m1/s1. The van der Waals surface area contributed by atoms with E-state index in [1.807, 2.05) is 5.32 Å². The van der Waals surface area contributed by atoms with E-state index in [0.717, 1.165) is 4.90 Å². The summed E-state index contributed by atoms with van der Waals surface area (Å²) >= 11 is 0. The summed E-state index contributed by atoms with van der Waals surface area (Å²) in [5.41, 5.74) is 0.186. The number of nitrogens with zero attached hydrogens (tertiary/aromatic N) is 3. The molecule has 1 aliphatic rings. The molecule has 1 aromatic heterocycles. The Morgan fingerprint density at radius 2 is 2.04 bits per heavy atom. The Morgan fingerprint density at radius 1 is 1.39 bits per heavy atom. The monoisotopic (exact) mass is 403 g/mol. The van der Waals surface area contributed by atoms with Gasteiger partial charge < -0.3 is 20.3 Å². The highest BCUT2D eigenvalue weighted by molar-refractivity contribution is 5.93. The lowest BCUT2D eigenvalue weighted by Crippen LogP contribution is -2.40. The SMILES string of the molecule is COC[C@H](c1cc(NC(=O)C(C)(C)C)nnc1C)N1C[C@@H](C(F)(F)F)NC1=O. The van der Waals surface area contributed by atoms with Crippen molar-refractivity contribution in [3.63, 3.8) is 0 Å². The van der Waals surface area contributed by atoms with E-state index in [1.165, 1.54) is 13.2 Å². The third-order valence-electron chi connectivity index (χ3n) is 4.33. The molecule has 1 aromatic rings. The Hall–Kier alpha value is -2.43. The van der Waals surface area contributed by atoms with Gasteiger partial charge in [-0.1, -0.05) is 20.8 Å². The van der Waals surface area contributed by atoms with Gasteiger partial charge >= 0.3 is 12.2 Å². The fourth-order valence-electron chi connectivity index (χ4n) is 2.69. The number of halogens is 3. The zero-order valence-corrected chi connectivity index (χ0v) is 16.3. The lowest BCUT2D eigenvalue weighted by atomic mass is 9.95. The second-order valence-electron chi connectivity index (χ2n) is 7.64. The number of aryl methyl sites for hydroxylation is 1. The number of aromatic nitrogens is 2. The highest BCUT2D eigenvalue weighted by Gasteiger charge is 2.48. The number of methoxy groups -OCH3 is 1. The molecule has 0 unspecified atom stereocenters. The van der Waals surface area contributed by atoms with E-state index in [1.54, 1.807) is 27.7 Å². The van der Waals surface area contributed by atoms with Gasteiger partial charge in [-0.15, -0.1) is 5.10 Å². The van der Waals surface area contributed by atoms with Gasteiger partial charge in [0.1, 0.15) is 6.04 Å². The van der Waals surface area contributed by atoms with Gasteiger partial charge in [0.05, 0.1) is 24.9 Å². The number of alkyl halides is 3. The summed E-state index contributed by atoms with van der Waals surface area (Å²) in [6, 6.07) is -2.13. The van der Waals surface area contributed by atoms with E-state index >= 15 is 0 Å². The number of nitrogens with one attached hydrogen (secondary N) is 2. The molecule has 0 spiro atoms. The van der Waals surface area contributed by atoms with Crippen LogP contribution in [0.2, 0.25) is 0 Å². The summed E-state index contributed by atoms with van der Waals surface area (Å²) < 4.78 is 44.2. The summed E-state index contributed by atoms with van der Waals surface area (Å²) in [4.78, 5) is 25.4. The summed E-state index contributed by atoms with van der Waals surface area (Å²) in [6.45, 7) is 6.20. The summed E-state index contributed by atoms with van der Waals surface area (Å²) in [6.07, 6.45) is -4.56. The first-order valence-electron chi connectivity index (χ1n) is 8.63. The number of hydrogen-bond acceptors (Lipinski definition) is 5. The molecule has 28 heavy (non-hydrogen) atoms. The second kappa shape index (κ2) is 7.90. The quantitative estimate of drug-likeness (QED) is 0.787. The van der Waals surface area contributed by atoms with E-state index in [9.17, 15) is 22.8 Å². The molecule has 2 atom stereocenters. The first kappa shape index (κ1) is 21.9. The number of carbonyl (C=O) groups excluding carboxylic acids is 2. The van der Waals surface area contributed by atoms with E-state index < -0.39 is 36.3 Å². The lowest BCUT2D eigenvalue weighted by molar-refractivity contribution is -0.150. The summed E-state index contributed by atoms with van der Waals surface area (Å²) in [7, 11) is 1.38. The molecule has 0 aliphatic carbocycles. The molecule has 0 radical (unpaired) electrons. The third-order valence-corrected chi connectivity index (χ3v) is 4.33. The van der Waals surface area contributed by atoms with Crippen molar-refractivity contribution >= 4 is 17.8 Å². The molecule has 2 N–H and O–H groups in total. The highest BCUT2D eigenvalue weighted by Crippen LogP contribution is 2.31. The van der Waals surface area contributed by atoms with Crippen LogP contribution in [0, 0.1) is 12.3 Å². The molecule has 2 rings (SSSR count). The zero-order chi connectivity index (χ0) is 21.3. The van der Waals surface area contributed by atoms with Crippen molar-refractivity contribution in [2.45, 2.75) is 46.0 Å². The minimum absolute atomic E-state index is 0.0445. The largest absolute Gasteiger partial charge is 0.410 e. The van der Waals surface area contributed by atoms with Crippen molar-refractivity contribution in [3.05, 3.63) is 17.3 Å². The predicted octanol–water partition coefficient (Wildman–Crippen LogP) is 2.41. The number of urea groups is 1. The number of amides is 3. The molecule has 2 heterocycles. The Balaban J connectivity index is 2.34. The molecule has 1 fully saturated rings. The molecule has 0 bridgehead atoms. The van der Waals surface area contributed by atoms with Crippen LogP contribution in [0.1, 0.15) is 38.1 Å². The fourth-order valence-corrected chi connectivity index (χ4v) is 2.69. The van der Waals surface area contributed by atoms with Crippen LogP contribution in [0.3, 0.4) is 0 Å². The molecular weight excluding hydrogens is 379 g/mol. The van der Waals surface area contributed by atoms with Crippen LogP contribution < -0.4 is 10.6 Å². The smallest absolute Gasteiger partial charge is 0.382 e. The topological polar surface area (TPSA) is 96.4 Å².